The number of nitrogens with zero attached hydrogens (tertiary/aromatic N) is 1. The third-order valence-electron chi connectivity index (χ3n) is 3.55. The van der Waals surface area contributed by atoms with Crippen molar-refractivity contribution in [1.29, 1.82) is 0 Å². The van der Waals surface area contributed by atoms with Gasteiger partial charge < -0.3 is 15.0 Å². The van der Waals surface area contributed by atoms with Gasteiger partial charge in [0, 0.05) is 10.4 Å². The average Bonchev–Trinajstić information content (AvgIpc) is 3.18. The second kappa shape index (κ2) is 7.25. The number of halogens is 1. The zero-order chi connectivity index (χ0) is 18.0. The fourth-order valence-electron chi connectivity index (χ4n) is 2.33. The Morgan fingerprint density at radius 2 is 2.12 bits per heavy atom. The first-order valence-electron chi connectivity index (χ1n) is 7.78. The first kappa shape index (κ1) is 17.4. The maximum atomic E-state index is 12.3. The van der Waals surface area contributed by atoms with Gasteiger partial charge in [-0.15, -0.1) is 11.3 Å². The number of carbonyl (C=O) groups is 2. The van der Waals surface area contributed by atoms with E-state index in [2.05, 4.69) is 15.3 Å². The smallest absolute Gasteiger partial charge is 0.348 e. The third-order valence-corrected chi connectivity index (χ3v) is 4.94. The van der Waals surface area contributed by atoms with Crippen LogP contribution in [0.2, 0.25) is 5.15 Å². The van der Waals surface area contributed by atoms with Crippen LogP contribution >= 0.6 is 22.9 Å². The minimum absolute atomic E-state index is 0.167. The minimum Gasteiger partial charge on any atom is -0.462 e. The van der Waals surface area contributed by atoms with Gasteiger partial charge in [-0.25, -0.2) is 9.78 Å². The Labute approximate surface area is 153 Å². The number of esters is 1. The van der Waals surface area contributed by atoms with E-state index in [1.807, 2.05) is 19.1 Å². The van der Waals surface area contributed by atoms with Gasteiger partial charge in [0.05, 0.1) is 12.3 Å². The Balaban J connectivity index is 1.81. The number of aryl methyl sites for hydroxylation is 1. The molecular formula is C17H16ClN3O3S. The molecule has 2 N–H and O–H groups in total. The standard InChI is InChI=1S/C17H16ClN3O3S/c1-3-11-14(18)21-15(20-11)16(22)19-10-6-5-9-7-13(17(23)24-4-2)25-12(9)8-10/h5-8H,3-4H2,1-2H3,(H,19,22)(H,20,21). The summed E-state index contributed by atoms with van der Waals surface area (Å²) in [7, 11) is 0. The van der Waals surface area contributed by atoms with Crippen LogP contribution < -0.4 is 5.32 Å². The molecule has 0 aliphatic rings. The van der Waals surface area contributed by atoms with Gasteiger partial charge in [-0.2, -0.15) is 0 Å². The second-order valence-electron chi connectivity index (χ2n) is 5.25. The van der Waals surface area contributed by atoms with Crippen LogP contribution in [-0.4, -0.2) is 28.5 Å². The average molecular weight is 378 g/mol. The van der Waals surface area contributed by atoms with Crippen LogP contribution in [0.25, 0.3) is 10.1 Å². The molecule has 25 heavy (non-hydrogen) atoms. The maximum Gasteiger partial charge on any atom is 0.348 e. The lowest BCUT2D eigenvalue weighted by Crippen LogP contribution is -2.13. The van der Waals surface area contributed by atoms with E-state index < -0.39 is 0 Å². The Morgan fingerprint density at radius 3 is 2.80 bits per heavy atom. The van der Waals surface area contributed by atoms with E-state index in [-0.39, 0.29) is 17.7 Å². The van der Waals surface area contributed by atoms with Crippen molar-refractivity contribution in [3.63, 3.8) is 0 Å². The summed E-state index contributed by atoms with van der Waals surface area (Å²) in [4.78, 5) is 31.6. The van der Waals surface area contributed by atoms with Gasteiger partial charge in [0.25, 0.3) is 5.91 Å². The van der Waals surface area contributed by atoms with E-state index in [4.69, 9.17) is 16.3 Å². The molecule has 8 heteroatoms. The van der Waals surface area contributed by atoms with E-state index in [0.717, 1.165) is 15.8 Å². The lowest BCUT2D eigenvalue weighted by molar-refractivity contribution is 0.0532. The van der Waals surface area contributed by atoms with Crippen LogP contribution in [0, 0.1) is 0 Å². The second-order valence-corrected chi connectivity index (χ2v) is 6.69. The number of anilines is 1. The topological polar surface area (TPSA) is 84.1 Å². The van der Waals surface area contributed by atoms with Crippen molar-refractivity contribution in [3.05, 3.63) is 45.8 Å². The summed E-state index contributed by atoms with van der Waals surface area (Å²) in [6.45, 7) is 4.02. The fourth-order valence-corrected chi connectivity index (χ4v) is 3.59. The number of H-pyrrole nitrogens is 1. The highest BCUT2D eigenvalue weighted by molar-refractivity contribution is 7.20. The fraction of sp³-hybridized carbons (Fsp3) is 0.235. The molecule has 2 aromatic heterocycles. The lowest BCUT2D eigenvalue weighted by Gasteiger charge is -2.03. The number of carbonyl (C=O) groups excluding carboxylic acids is 2. The van der Waals surface area contributed by atoms with Crippen LogP contribution in [0.1, 0.15) is 39.8 Å². The number of aromatic amines is 1. The predicted molar refractivity (Wildman–Crippen MR) is 98.7 cm³/mol. The molecule has 130 valence electrons. The number of aromatic nitrogens is 2. The van der Waals surface area contributed by atoms with Crippen LogP contribution in [0.4, 0.5) is 5.69 Å². The van der Waals surface area contributed by atoms with Gasteiger partial charge in [-0.3, -0.25) is 4.79 Å². The van der Waals surface area contributed by atoms with E-state index in [1.165, 1.54) is 11.3 Å². The first-order valence-corrected chi connectivity index (χ1v) is 8.97. The van der Waals surface area contributed by atoms with Crippen LogP contribution in [-0.2, 0) is 11.2 Å². The summed E-state index contributed by atoms with van der Waals surface area (Å²) in [5, 5.41) is 4.00. The Bertz CT molecular complexity index is 948. The van der Waals surface area contributed by atoms with Crippen molar-refractivity contribution in [2.45, 2.75) is 20.3 Å². The normalized spacial score (nSPS) is 10.8. The summed E-state index contributed by atoms with van der Waals surface area (Å²) in [6, 6.07) is 7.21. The molecule has 6 nitrogen and oxygen atoms in total. The van der Waals surface area contributed by atoms with Crippen LogP contribution in [0.15, 0.2) is 24.3 Å². The summed E-state index contributed by atoms with van der Waals surface area (Å²) >= 11 is 7.29. The number of thiophene rings is 1. The van der Waals surface area contributed by atoms with E-state index in [1.54, 1.807) is 19.1 Å². The Hall–Kier alpha value is -2.38. The van der Waals surface area contributed by atoms with E-state index >= 15 is 0 Å². The SMILES string of the molecule is CCOC(=O)c1cc2ccc(NC(=O)c3nc(Cl)c(CC)[nH]3)cc2s1. The number of rotatable bonds is 5. The van der Waals surface area contributed by atoms with Crippen molar-refractivity contribution in [2.24, 2.45) is 0 Å². The molecular weight excluding hydrogens is 362 g/mol. The van der Waals surface area contributed by atoms with Crippen molar-refractivity contribution >= 4 is 50.6 Å². The number of imidazole rings is 1. The molecule has 1 amide bonds. The Morgan fingerprint density at radius 1 is 1.32 bits per heavy atom. The van der Waals surface area contributed by atoms with Gasteiger partial charge in [-0.1, -0.05) is 24.6 Å². The first-order chi connectivity index (χ1) is 12.0. The molecule has 1 aromatic carbocycles. The van der Waals surface area contributed by atoms with Crippen LogP contribution in [0.3, 0.4) is 0 Å². The summed E-state index contributed by atoms with van der Waals surface area (Å²) in [6.07, 6.45) is 0.664. The number of ether oxygens (including phenoxy) is 1. The number of fused-ring (bicyclic) bond motifs is 1. The zero-order valence-corrected chi connectivity index (χ0v) is 15.3. The third kappa shape index (κ3) is 3.67. The molecule has 0 bridgehead atoms. The molecule has 0 fully saturated rings. The quantitative estimate of drug-likeness (QED) is 0.650. The minimum atomic E-state index is -0.372. The van der Waals surface area contributed by atoms with Crippen molar-refractivity contribution in [2.75, 3.05) is 11.9 Å². The van der Waals surface area contributed by atoms with Gasteiger partial charge in [0.1, 0.15) is 4.88 Å². The van der Waals surface area contributed by atoms with E-state index in [9.17, 15) is 9.59 Å². The van der Waals surface area contributed by atoms with Gasteiger partial charge >= 0.3 is 5.97 Å². The molecule has 3 rings (SSSR count). The lowest BCUT2D eigenvalue weighted by atomic mass is 10.2. The predicted octanol–water partition coefficient (Wildman–Crippen LogP) is 4.27. The Kier molecular flexibility index (Phi) is 5.06. The highest BCUT2D eigenvalue weighted by Crippen LogP contribution is 2.29. The number of hydrogen-bond donors (Lipinski definition) is 2. The maximum absolute atomic E-state index is 12.3. The molecule has 0 atom stereocenters. The number of nitrogens with one attached hydrogen (secondary N) is 2. The molecule has 0 radical (unpaired) electrons. The van der Waals surface area contributed by atoms with E-state index in [0.29, 0.717) is 28.7 Å². The molecule has 0 saturated heterocycles. The number of benzene rings is 1. The summed E-state index contributed by atoms with van der Waals surface area (Å²) < 4.78 is 5.89. The summed E-state index contributed by atoms with van der Waals surface area (Å²) in [5.41, 5.74) is 1.33. The van der Waals surface area contributed by atoms with Crippen molar-refractivity contribution < 1.29 is 14.3 Å². The monoisotopic (exact) mass is 377 g/mol. The molecule has 2 heterocycles. The van der Waals surface area contributed by atoms with Crippen LogP contribution in [0.5, 0.6) is 0 Å². The molecule has 3 aromatic rings. The molecule has 0 aliphatic heterocycles. The van der Waals surface area contributed by atoms with Gasteiger partial charge in [0.2, 0.25) is 0 Å². The highest BCUT2D eigenvalue weighted by atomic mass is 35.5. The molecule has 0 saturated carbocycles. The van der Waals surface area contributed by atoms with Crippen molar-refractivity contribution in [1.82, 2.24) is 9.97 Å². The van der Waals surface area contributed by atoms with Gasteiger partial charge in [0.15, 0.2) is 11.0 Å². The number of hydrogen-bond acceptors (Lipinski definition) is 5. The molecule has 0 spiro atoms. The summed E-state index contributed by atoms with van der Waals surface area (Å²) in [5.74, 6) is -0.546. The highest BCUT2D eigenvalue weighted by Gasteiger charge is 2.15. The molecule has 0 unspecified atom stereocenters. The van der Waals surface area contributed by atoms with Gasteiger partial charge in [-0.05, 0) is 36.9 Å². The zero-order valence-electron chi connectivity index (χ0n) is 13.7. The molecule has 0 aliphatic carbocycles. The largest absolute Gasteiger partial charge is 0.462 e. The number of amides is 1. The van der Waals surface area contributed by atoms with Crippen molar-refractivity contribution in [3.8, 4) is 0 Å².